The van der Waals surface area contributed by atoms with Crippen molar-refractivity contribution in [3.8, 4) is 5.75 Å². The quantitative estimate of drug-likeness (QED) is 0.555. The highest BCUT2D eigenvalue weighted by Crippen LogP contribution is 2.27. The molecule has 1 aromatic rings. The van der Waals surface area contributed by atoms with Crippen molar-refractivity contribution in [3.05, 3.63) is 33.9 Å². The second-order valence-corrected chi connectivity index (χ2v) is 7.39. The highest BCUT2D eigenvalue weighted by Gasteiger charge is 2.25. The lowest BCUT2D eigenvalue weighted by molar-refractivity contribution is -0.385. The Morgan fingerprint density at radius 3 is 2.96 bits per heavy atom. The number of non-ortho nitro benzene ring substituents is 1. The van der Waals surface area contributed by atoms with Crippen LogP contribution < -0.4 is 15.4 Å². The van der Waals surface area contributed by atoms with Crippen molar-refractivity contribution in [1.82, 2.24) is 15.5 Å². The van der Waals surface area contributed by atoms with Crippen molar-refractivity contribution < 1.29 is 14.5 Å². The summed E-state index contributed by atoms with van der Waals surface area (Å²) in [4.78, 5) is 25.1. The maximum Gasteiger partial charge on any atom is 0.270 e. The molecule has 2 atom stereocenters. The van der Waals surface area contributed by atoms with E-state index in [2.05, 4.69) is 15.5 Å². The van der Waals surface area contributed by atoms with Crippen LogP contribution in [0.4, 0.5) is 5.69 Å². The Kier molecular flexibility index (Phi) is 6.63. The van der Waals surface area contributed by atoms with E-state index in [-0.39, 0.29) is 22.6 Å². The first-order valence-electron chi connectivity index (χ1n) is 9.61. The Morgan fingerprint density at radius 1 is 1.41 bits per heavy atom. The molecule has 2 unspecified atom stereocenters. The van der Waals surface area contributed by atoms with Crippen molar-refractivity contribution in [2.75, 3.05) is 33.3 Å². The van der Waals surface area contributed by atoms with Crippen molar-refractivity contribution in [2.24, 2.45) is 5.92 Å². The first-order chi connectivity index (χ1) is 13.1. The smallest absolute Gasteiger partial charge is 0.270 e. The summed E-state index contributed by atoms with van der Waals surface area (Å²) in [6, 6.07) is 4.67. The molecule has 27 heavy (non-hydrogen) atoms. The van der Waals surface area contributed by atoms with Gasteiger partial charge in [0.15, 0.2) is 0 Å². The zero-order chi connectivity index (χ0) is 19.2. The van der Waals surface area contributed by atoms with E-state index in [0.717, 1.165) is 50.9 Å². The number of benzene rings is 1. The average molecular weight is 376 g/mol. The second-order valence-electron chi connectivity index (χ2n) is 7.39. The predicted molar refractivity (Wildman–Crippen MR) is 102 cm³/mol. The lowest BCUT2D eigenvalue weighted by atomic mass is 9.97. The molecule has 2 aliphatic rings. The molecular weight excluding hydrogens is 348 g/mol. The number of nitro groups is 1. The molecule has 1 amide bonds. The summed E-state index contributed by atoms with van der Waals surface area (Å²) >= 11 is 0. The Bertz CT molecular complexity index is 676. The number of piperidine rings is 1. The van der Waals surface area contributed by atoms with Crippen LogP contribution in [0.5, 0.6) is 5.75 Å². The van der Waals surface area contributed by atoms with E-state index in [1.807, 2.05) is 0 Å². The largest absolute Gasteiger partial charge is 0.496 e. The summed E-state index contributed by atoms with van der Waals surface area (Å²) in [7, 11) is 1.58. The Balaban J connectivity index is 1.55. The van der Waals surface area contributed by atoms with Crippen molar-refractivity contribution in [1.29, 1.82) is 0 Å². The summed E-state index contributed by atoms with van der Waals surface area (Å²) in [6.45, 7) is 4.02. The molecule has 0 aromatic heterocycles. The molecule has 2 fully saturated rings. The molecule has 2 heterocycles. The number of nitrogens with zero attached hydrogens (tertiary/aromatic N) is 2. The number of nitro benzene ring substituents is 1. The molecule has 8 heteroatoms. The van der Waals surface area contributed by atoms with Gasteiger partial charge < -0.3 is 15.4 Å². The predicted octanol–water partition coefficient (Wildman–Crippen LogP) is 1.68. The first-order valence-corrected chi connectivity index (χ1v) is 9.61. The summed E-state index contributed by atoms with van der Waals surface area (Å²) < 4.78 is 5.37. The average Bonchev–Trinajstić information content (AvgIpc) is 3.21. The van der Waals surface area contributed by atoms with Gasteiger partial charge in [0.25, 0.3) is 5.69 Å². The lowest BCUT2D eigenvalue weighted by Crippen LogP contribution is -2.45. The number of ether oxygens (including phenoxy) is 1. The molecule has 0 saturated carbocycles. The van der Waals surface area contributed by atoms with Crippen molar-refractivity contribution in [2.45, 2.75) is 38.3 Å². The van der Waals surface area contributed by atoms with Crippen LogP contribution in [0.1, 0.15) is 31.2 Å². The lowest BCUT2D eigenvalue weighted by Gasteiger charge is -2.33. The number of carbonyl (C=O) groups excluding carboxylic acids is 1. The van der Waals surface area contributed by atoms with Crippen LogP contribution in [0, 0.1) is 16.0 Å². The molecule has 0 aliphatic carbocycles. The molecule has 0 bridgehead atoms. The van der Waals surface area contributed by atoms with Gasteiger partial charge in [-0.25, -0.2) is 0 Å². The highest BCUT2D eigenvalue weighted by molar-refractivity contribution is 5.81. The van der Waals surface area contributed by atoms with Crippen LogP contribution >= 0.6 is 0 Å². The fourth-order valence-electron chi connectivity index (χ4n) is 3.98. The van der Waals surface area contributed by atoms with Gasteiger partial charge in [-0.2, -0.15) is 0 Å². The fourth-order valence-corrected chi connectivity index (χ4v) is 3.98. The van der Waals surface area contributed by atoms with Crippen LogP contribution in [0.25, 0.3) is 0 Å². The number of hydrogen-bond donors (Lipinski definition) is 2. The standard InChI is InChI=1S/C19H28N4O4/c1-27-18-7-6-16(23(25)26)10-15(18)13-22-9-3-4-14(12-22)11-21-19(24)17-5-2-8-20-17/h6-7,10,14,17,20H,2-5,8-9,11-13H2,1H3,(H,21,24). The maximum absolute atomic E-state index is 12.2. The molecule has 2 N–H and O–H groups in total. The number of nitrogens with one attached hydrogen (secondary N) is 2. The van der Waals surface area contributed by atoms with Crippen LogP contribution in [-0.4, -0.2) is 55.1 Å². The van der Waals surface area contributed by atoms with Gasteiger partial charge >= 0.3 is 0 Å². The van der Waals surface area contributed by atoms with E-state index in [1.54, 1.807) is 19.2 Å². The van der Waals surface area contributed by atoms with Gasteiger partial charge in [0.05, 0.1) is 18.1 Å². The van der Waals surface area contributed by atoms with E-state index in [0.29, 0.717) is 24.8 Å². The minimum Gasteiger partial charge on any atom is -0.496 e. The molecule has 3 rings (SSSR count). The van der Waals surface area contributed by atoms with E-state index in [9.17, 15) is 14.9 Å². The maximum atomic E-state index is 12.2. The van der Waals surface area contributed by atoms with Crippen LogP contribution in [0.15, 0.2) is 18.2 Å². The molecular formula is C19H28N4O4. The fraction of sp³-hybridized carbons (Fsp3) is 0.632. The number of rotatable bonds is 7. The Hall–Kier alpha value is -2.19. The SMILES string of the molecule is COc1ccc([N+](=O)[O-])cc1CN1CCCC(CNC(=O)C2CCCN2)C1. The van der Waals surface area contributed by atoms with Crippen molar-refractivity contribution in [3.63, 3.8) is 0 Å². The van der Waals surface area contributed by atoms with Crippen LogP contribution in [0.2, 0.25) is 0 Å². The van der Waals surface area contributed by atoms with E-state index in [1.165, 1.54) is 6.07 Å². The minimum absolute atomic E-state index is 0.0428. The number of methoxy groups -OCH3 is 1. The van der Waals surface area contributed by atoms with Gasteiger partial charge in [0, 0.05) is 37.3 Å². The van der Waals surface area contributed by atoms with Gasteiger partial charge in [-0.1, -0.05) is 0 Å². The summed E-state index contributed by atoms with van der Waals surface area (Å²) in [6.07, 6.45) is 4.11. The van der Waals surface area contributed by atoms with Crippen LogP contribution in [-0.2, 0) is 11.3 Å². The second kappa shape index (κ2) is 9.14. The zero-order valence-corrected chi connectivity index (χ0v) is 15.8. The summed E-state index contributed by atoms with van der Waals surface area (Å²) in [5, 5.41) is 17.4. The van der Waals surface area contributed by atoms with E-state index >= 15 is 0 Å². The van der Waals surface area contributed by atoms with Crippen LogP contribution in [0.3, 0.4) is 0 Å². The van der Waals surface area contributed by atoms with Gasteiger partial charge in [-0.3, -0.25) is 19.8 Å². The van der Waals surface area contributed by atoms with Crippen molar-refractivity contribution >= 4 is 11.6 Å². The summed E-state index contributed by atoms with van der Waals surface area (Å²) in [5.41, 5.74) is 0.905. The molecule has 8 nitrogen and oxygen atoms in total. The summed E-state index contributed by atoms with van der Waals surface area (Å²) in [5.74, 6) is 1.17. The number of hydrogen-bond acceptors (Lipinski definition) is 6. The third-order valence-corrected chi connectivity index (χ3v) is 5.41. The monoisotopic (exact) mass is 376 g/mol. The molecule has 148 valence electrons. The van der Waals surface area contributed by atoms with E-state index < -0.39 is 0 Å². The molecule has 2 aliphatic heterocycles. The number of carbonyl (C=O) groups is 1. The van der Waals surface area contributed by atoms with Gasteiger partial charge in [0.2, 0.25) is 5.91 Å². The Morgan fingerprint density at radius 2 is 2.26 bits per heavy atom. The molecule has 0 spiro atoms. The topological polar surface area (TPSA) is 96.7 Å². The zero-order valence-electron chi connectivity index (χ0n) is 15.8. The van der Waals surface area contributed by atoms with Gasteiger partial charge in [-0.15, -0.1) is 0 Å². The number of amides is 1. The molecule has 0 radical (unpaired) electrons. The minimum atomic E-state index is -0.380. The Labute approximate surface area is 159 Å². The first kappa shape index (κ1) is 19.6. The molecule has 2 saturated heterocycles. The normalized spacial score (nSPS) is 23.1. The van der Waals surface area contributed by atoms with E-state index in [4.69, 9.17) is 4.74 Å². The highest BCUT2D eigenvalue weighted by atomic mass is 16.6. The number of likely N-dealkylation sites (tertiary alicyclic amines) is 1. The van der Waals surface area contributed by atoms with Gasteiger partial charge in [-0.05, 0) is 50.8 Å². The third kappa shape index (κ3) is 5.17. The molecule has 1 aromatic carbocycles. The van der Waals surface area contributed by atoms with Gasteiger partial charge in [0.1, 0.15) is 5.75 Å². The third-order valence-electron chi connectivity index (χ3n) is 5.41.